The molecular weight excluding hydrogens is 276 g/mol. The van der Waals surface area contributed by atoms with Gasteiger partial charge in [-0.1, -0.05) is 0 Å². The van der Waals surface area contributed by atoms with Gasteiger partial charge in [0.1, 0.15) is 6.20 Å². The highest BCUT2D eigenvalue weighted by atomic mass is 16.6. The summed E-state index contributed by atoms with van der Waals surface area (Å²) < 4.78 is 1.56. The third-order valence-electron chi connectivity index (χ3n) is 4.56. The van der Waals surface area contributed by atoms with E-state index < -0.39 is 4.92 Å². The van der Waals surface area contributed by atoms with Gasteiger partial charge in [-0.05, 0) is 28.7 Å². The molecule has 1 aromatic rings. The number of rotatable bonds is 4. The number of likely N-dealkylation sites (tertiary alicyclic amines) is 1. The fourth-order valence-electron chi connectivity index (χ4n) is 3.39. The smallest absolute Gasteiger partial charge is 0.381 e. The molecule has 1 N–H and O–H groups in total. The topological polar surface area (TPSA) is 102 Å². The van der Waals surface area contributed by atoms with Crippen molar-refractivity contribution in [3.8, 4) is 0 Å². The van der Waals surface area contributed by atoms with Gasteiger partial charge in [0.05, 0.1) is 6.10 Å². The standard InChI is InChI=1S/C13H18N4O4/c18-11-2-1-9-5-16(6-10(9)11)13(19)3-4-15-7-12(14-8-15)17(20)21/h7-11,18H,1-6H2. The number of aliphatic hydroxyl groups is 1. The highest BCUT2D eigenvalue weighted by Gasteiger charge is 2.42. The number of imidazole rings is 1. The van der Waals surface area contributed by atoms with E-state index in [1.54, 1.807) is 4.57 Å². The predicted molar refractivity (Wildman–Crippen MR) is 72.3 cm³/mol. The molecule has 0 aromatic carbocycles. The van der Waals surface area contributed by atoms with Gasteiger partial charge in [0, 0.05) is 32.0 Å². The van der Waals surface area contributed by atoms with Gasteiger partial charge in [-0.15, -0.1) is 0 Å². The van der Waals surface area contributed by atoms with Gasteiger partial charge < -0.3 is 24.7 Å². The van der Waals surface area contributed by atoms with E-state index in [1.807, 2.05) is 4.90 Å². The van der Waals surface area contributed by atoms with Crippen molar-refractivity contribution in [3.05, 3.63) is 22.6 Å². The van der Waals surface area contributed by atoms with Crippen LogP contribution in [0.1, 0.15) is 19.3 Å². The molecular formula is C13H18N4O4. The summed E-state index contributed by atoms with van der Waals surface area (Å²) in [4.78, 5) is 27.6. The molecule has 1 amide bonds. The van der Waals surface area contributed by atoms with Crippen molar-refractivity contribution in [2.24, 2.45) is 11.8 Å². The fraction of sp³-hybridized carbons (Fsp3) is 0.692. The van der Waals surface area contributed by atoms with Crippen LogP contribution in [-0.2, 0) is 11.3 Å². The molecule has 21 heavy (non-hydrogen) atoms. The van der Waals surface area contributed by atoms with E-state index in [1.165, 1.54) is 12.5 Å². The van der Waals surface area contributed by atoms with Gasteiger partial charge in [0.2, 0.25) is 12.2 Å². The summed E-state index contributed by atoms with van der Waals surface area (Å²) in [5, 5.41) is 20.4. The van der Waals surface area contributed by atoms with Gasteiger partial charge in [0.25, 0.3) is 0 Å². The second kappa shape index (κ2) is 5.44. The summed E-state index contributed by atoms with van der Waals surface area (Å²) in [5.74, 6) is 0.482. The van der Waals surface area contributed by atoms with Gasteiger partial charge in [0.15, 0.2) is 0 Å². The summed E-state index contributed by atoms with van der Waals surface area (Å²) in [7, 11) is 0. The first-order chi connectivity index (χ1) is 10.0. The SMILES string of the molecule is O=C(CCn1cnc([N+](=O)[O-])c1)N1CC2CCC(O)C2C1. The third-order valence-corrected chi connectivity index (χ3v) is 4.56. The highest BCUT2D eigenvalue weighted by molar-refractivity contribution is 5.76. The number of carbonyl (C=O) groups is 1. The zero-order chi connectivity index (χ0) is 15.0. The van der Waals surface area contributed by atoms with Crippen LogP contribution in [0.5, 0.6) is 0 Å². The average Bonchev–Trinajstić information content (AvgIpc) is 3.13. The first kappa shape index (κ1) is 14.0. The summed E-state index contributed by atoms with van der Waals surface area (Å²) >= 11 is 0. The monoisotopic (exact) mass is 294 g/mol. The van der Waals surface area contributed by atoms with Crippen molar-refractivity contribution in [2.45, 2.75) is 31.9 Å². The Bertz CT molecular complexity index is 558. The minimum atomic E-state index is -0.554. The van der Waals surface area contributed by atoms with E-state index in [-0.39, 0.29) is 23.7 Å². The Labute approximate surface area is 121 Å². The lowest BCUT2D eigenvalue weighted by Crippen LogP contribution is -2.31. The highest BCUT2D eigenvalue weighted by Crippen LogP contribution is 2.38. The van der Waals surface area contributed by atoms with Gasteiger partial charge >= 0.3 is 5.82 Å². The van der Waals surface area contributed by atoms with Crippen LogP contribution in [0.25, 0.3) is 0 Å². The Hall–Kier alpha value is -1.96. The van der Waals surface area contributed by atoms with Gasteiger partial charge in [-0.25, -0.2) is 0 Å². The Morgan fingerprint density at radius 1 is 1.48 bits per heavy atom. The van der Waals surface area contributed by atoms with Crippen LogP contribution in [-0.4, -0.2) is 49.6 Å². The molecule has 2 heterocycles. The maximum absolute atomic E-state index is 12.2. The van der Waals surface area contributed by atoms with Crippen LogP contribution in [0.15, 0.2) is 12.5 Å². The van der Waals surface area contributed by atoms with Gasteiger partial charge in [-0.2, -0.15) is 0 Å². The minimum Gasteiger partial charge on any atom is -0.393 e. The van der Waals surface area contributed by atoms with E-state index in [0.29, 0.717) is 25.4 Å². The lowest BCUT2D eigenvalue weighted by Gasteiger charge is -2.18. The minimum absolute atomic E-state index is 0.0351. The molecule has 2 fully saturated rings. The molecule has 1 aliphatic carbocycles. The molecule has 1 saturated carbocycles. The molecule has 3 atom stereocenters. The van der Waals surface area contributed by atoms with Crippen LogP contribution in [0.3, 0.4) is 0 Å². The van der Waals surface area contributed by atoms with Crippen molar-refractivity contribution in [2.75, 3.05) is 13.1 Å². The van der Waals surface area contributed by atoms with Gasteiger partial charge in [-0.3, -0.25) is 4.79 Å². The van der Waals surface area contributed by atoms with Crippen LogP contribution in [0.4, 0.5) is 5.82 Å². The summed E-state index contributed by atoms with van der Waals surface area (Å²) in [6.45, 7) is 1.74. The van der Waals surface area contributed by atoms with Crippen molar-refractivity contribution in [1.29, 1.82) is 0 Å². The first-order valence-corrected chi connectivity index (χ1v) is 7.16. The van der Waals surface area contributed by atoms with Crippen molar-refractivity contribution < 1.29 is 14.8 Å². The van der Waals surface area contributed by atoms with Crippen molar-refractivity contribution in [1.82, 2.24) is 14.5 Å². The summed E-state index contributed by atoms with van der Waals surface area (Å²) in [6.07, 6.45) is 4.55. The maximum Gasteiger partial charge on any atom is 0.381 e. The van der Waals surface area contributed by atoms with E-state index >= 15 is 0 Å². The van der Waals surface area contributed by atoms with E-state index in [0.717, 1.165) is 19.4 Å². The van der Waals surface area contributed by atoms with E-state index in [9.17, 15) is 20.0 Å². The Balaban J connectivity index is 1.51. The third kappa shape index (κ3) is 2.76. The molecule has 8 nitrogen and oxygen atoms in total. The predicted octanol–water partition coefficient (Wildman–Crippen LogP) is 0.411. The number of aryl methyl sites for hydroxylation is 1. The zero-order valence-corrected chi connectivity index (χ0v) is 11.6. The number of nitrogens with zero attached hydrogens (tertiary/aromatic N) is 4. The number of carbonyl (C=O) groups excluding carboxylic acids is 1. The Kier molecular flexibility index (Phi) is 3.62. The normalized spacial score (nSPS) is 27.9. The van der Waals surface area contributed by atoms with Crippen molar-refractivity contribution >= 4 is 11.7 Å². The van der Waals surface area contributed by atoms with E-state index in [2.05, 4.69) is 4.98 Å². The zero-order valence-electron chi connectivity index (χ0n) is 11.6. The Morgan fingerprint density at radius 2 is 2.29 bits per heavy atom. The molecule has 0 spiro atoms. The molecule has 0 bridgehead atoms. The number of aliphatic hydroxyl groups excluding tert-OH is 1. The summed E-state index contributed by atoms with van der Waals surface area (Å²) in [5.41, 5.74) is 0. The number of hydrogen-bond donors (Lipinski definition) is 1. The summed E-state index contributed by atoms with van der Waals surface area (Å²) in [6, 6.07) is 0. The van der Waals surface area contributed by atoms with Crippen LogP contribution in [0, 0.1) is 22.0 Å². The number of amides is 1. The second-order valence-corrected chi connectivity index (χ2v) is 5.84. The lowest BCUT2D eigenvalue weighted by atomic mass is 10.00. The quantitative estimate of drug-likeness (QED) is 0.640. The Morgan fingerprint density at radius 3 is 2.95 bits per heavy atom. The second-order valence-electron chi connectivity index (χ2n) is 5.84. The largest absolute Gasteiger partial charge is 0.393 e. The van der Waals surface area contributed by atoms with Crippen LogP contribution in [0.2, 0.25) is 0 Å². The fourth-order valence-corrected chi connectivity index (χ4v) is 3.39. The molecule has 1 aliphatic heterocycles. The van der Waals surface area contributed by atoms with Crippen LogP contribution < -0.4 is 0 Å². The molecule has 0 radical (unpaired) electrons. The van der Waals surface area contributed by atoms with Crippen molar-refractivity contribution in [3.63, 3.8) is 0 Å². The number of hydrogen-bond acceptors (Lipinski definition) is 5. The number of aromatic nitrogens is 2. The number of nitro groups is 1. The average molecular weight is 294 g/mol. The molecule has 1 aromatic heterocycles. The molecule has 2 aliphatic rings. The molecule has 3 unspecified atom stereocenters. The maximum atomic E-state index is 12.2. The first-order valence-electron chi connectivity index (χ1n) is 7.16. The number of fused-ring (bicyclic) bond motifs is 1. The molecule has 1 saturated heterocycles. The van der Waals surface area contributed by atoms with Crippen LogP contribution >= 0.6 is 0 Å². The molecule has 3 rings (SSSR count). The van der Waals surface area contributed by atoms with E-state index in [4.69, 9.17) is 0 Å². The molecule has 8 heteroatoms. The lowest BCUT2D eigenvalue weighted by molar-refractivity contribution is -0.389. The molecule has 114 valence electrons.